The van der Waals surface area contributed by atoms with Crippen LogP contribution >= 0.6 is 0 Å². The first-order chi connectivity index (χ1) is 14.2. The maximum absolute atomic E-state index is 13.8. The molecule has 0 radical (unpaired) electrons. The molecule has 6 nitrogen and oxygen atoms in total. The monoisotopic (exact) mass is 434 g/mol. The molecule has 1 N–H and O–H groups in total. The minimum Gasteiger partial charge on any atom is -0.356 e. The van der Waals surface area contributed by atoms with Crippen LogP contribution in [0.4, 0.5) is 8.78 Å². The van der Waals surface area contributed by atoms with E-state index in [0.717, 1.165) is 12.1 Å². The molecule has 158 valence electrons. The summed E-state index contributed by atoms with van der Waals surface area (Å²) >= 11 is 0. The number of amides is 1. The normalized spacial score (nSPS) is 11.6. The molecule has 9 heteroatoms. The van der Waals surface area contributed by atoms with Crippen LogP contribution < -0.4 is 5.32 Å². The number of hydrogen-bond donors (Lipinski definition) is 1. The van der Waals surface area contributed by atoms with Crippen LogP contribution in [0.5, 0.6) is 0 Å². The Morgan fingerprint density at radius 1 is 1.10 bits per heavy atom. The Hall–Kier alpha value is -3.07. The zero-order chi connectivity index (χ0) is 21.9. The molecular formula is C21H20F2N2O4S. The van der Waals surface area contributed by atoms with Gasteiger partial charge in [0.1, 0.15) is 17.3 Å². The molecule has 3 aromatic rings. The van der Waals surface area contributed by atoms with Crippen molar-refractivity contribution in [3.8, 4) is 11.3 Å². The molecular weight excluding hydrogens is 414 g/mol. The zero-order valence-electron chi connectivity index (χ0n) is 16.4. The lowest BCUT2D eigenvalue weighted by Crippen LogP contribution is -2.24. The molecule has 0 atom stereocenters. The molecule has 0 spiro atoms. The predicted octanol–water partition coefficient (Wildman–Crippen LogP) is 3.66. The summed E-state index contributed by atoms with van der Waals surface area (Å²) in [5, 5.41) is 5.91. The van der Waals surface area contributed by atoms with Crippen LogP contribution in [0.3, 0.4) is 0 Å². The standard InChI is InChI=1S/C21H20F2N2O4S/c1-13(2)30(27,28)17-6-3-14(4-7-17)9-21(26)24-12-16-11-20(29-25-16)18-8-5-15(22)10-19(18)23/h3-8,10-11,13H,9,12H2,1-2H3,(H,24,26). The molecule has 0 unspecified atom stereocenters. The summed E-state index contributed by atoms with van der Waals surface area (Å²) in [4.78, 5) is 12.4. The summed E-state index contributed by atoms with van der Waals surface area (Å²) in [6.45, 7) is 3.28. The van der Waals surface area contributed by atoms with Gasteiger partial charge < -0.3 is 9.84 Å². The fourth-order valence-corrected chi connectivity index (χ4v) is 3.78. The lowest BCUT2D eigenvalue weighted by atomic mass is 10.1. The lowest BCUT2D eigenvalue weighted by Gasteiger charge is -2.08. The van der Waals surface area contributed by atoms with Crippen LogP contribution in [0.2, 0.25) is 0 Å². The summed E-state index contributed by atoms with van der Waals surface area (Å²) in [5.41, 5.74) is 1.10. The van der Waals surface area contributed by atoms with Gasteiger partial charge in [0.2, 0.25) is 5.91 Å². The van der Waals surface area contributed by atoms with Gasteiger partial charge in [0.05, 0.1) is 28.7 Å². The molecule has 0 aliphatic rings. The van der Waals surface area contributed by atoms with Crippen molar-refractivity contribution >= 4 is 15.7 Å². The maximum atomic E-state index is 13.8. The first-order valence-electron chi connectivity index (χ1n) is 9.17. The van der Waals surface area contributed by atoms with Gasteiger partial charge in [-0.2, -0.15) is 0 Å². The molecule has 1 amide bonds. The smallest absolute Gasteiger partial charge is 0.224 e. The topological polar surface area (TPSA) is 89.3 Å². The van der Waals surface area contributed by atoms with Crippen LogP contribution in [-0.4, -0.2) is 24.7 Å². The number of nitrogens with zero attached hydrogens (tertiary/aromatic N) is 1. The second kappa shape index (κ2) is 8.74. The Morgan fingerprint density at radius 3 is 2.43 bits per heavy atom. The van der Waals surface area contributed by atoms with Crippen LogP contribution in [0.15, 0.2) is 57.9 Å². The van der Waals surface area contributed by atoms with E-state index in [1.54, 1.807) is 26.0 Å². The molecule has 1 heterocycles. The first-order valence-corrected chi connectivity index (χ1v) is 10.7. The first kappa shape index (κ1) is 21.6. The quantitative estimate of drug-likeness (QED) is 0.613. The minimum absolute atomic E-state index is 0.0549. The van der Waals surface area contributed by atoms with Crippen molar-refractivity contribution in [1.82, 2.24) is 10.5 Å². The van der Waals surface area contributed by atoms with Crippen LogP contribution in [0.25, 0.3) is 11.3 Å². The maximum Gasteiger partial charge on any atom is 0.224 e. The van der Waals surface area contributed by atoms with E-state index in [0.29, 0.717) is 11.3 Å². The van der Waals surface area contributed by atoms with E-state index >= 15 is 0 Å². The highest BCUT2D eigenvalue weighted by Crippen LogP contribution is 2.24. The Labute approximate surface area is 172 Å². The fourth-order valence-electron chi connectivity index (χ4n) is 2.72. The number of hydrogen-bond acceptors (Lipinski definition) is 5. The summed E-state index contributed by atoms with van der Waals surface area (Å²) in [6, 6.07) is 10.7. The van der Waals surface area contributed by atoms with E-state index in [9.17, 15) is 22.0 Å². The van der Waals surface area contributed by atoms with Crippen molar-refractivity contribution in [3.63, 3.8) is 0 Å². The number of carbonyl (C=O) groups is 1. The molecule has 0 saturated heterocycles. The minimum atomic E-state index is -3.36. The van der Waals surface area contributed by atoms with E-state index < -0.39 is 26.7 Å². The molecule has 3 rings (SSSR count). The highest BCUT2D eigenvalue weighted by atomic mass is 32.2. The molecule has 0 aliphatic carbocycles. The van der Waals surface area contributed by atoms with Gasteiger partial charge in [-0.15, -0.1) is 0 Å². The number of nitrogens with one attached hydrogen (secondary N) is 1. The van der Waals surface area contributed by atoms with E-state index in [2.05, 4.69) is 10.5 Å². The molecule has 1 aromatic heterocycles. The molecule has 2 aromatic carbocycles. The summed E-state index contributed by atoms with van der Waals surface area (Å²) in [7, 11) is -3.36. The van der Waals surface area contributed by atoms with Gasteiger partial charge >= 0.3 is 0 Å². The Bertz CT molecular complexity index is 1160. The van der Waals surface area contributed by atoms with Gasteiger partial charge in [-0.3, -0.25) is 4.79 Å². The second-order valence-electron chi connectivity index (χ2n) is 7.00. The average molecular weight is 434 g/mol. The van der Waals surface area contributed by atoms with E-state index in [1.165, 1.54) is 24.3 Å². The fraction of sp³-hybridized carbons (Fsp3) is 0.238. The molecule has 0 saturated carbocycles. The Morgan fingerprint density at radius 2 is 1.80 bits per heavy atom. The van der Waals surface area contributed by atoms with Crippen molar-refractivity contribution < 1.29 is 26.5 Å². The van der Waals surface area contributed by atoms with Crippen molar-refractivity contribution in [2.75, 3.05) is 0 Å². The SMILES string of the molecule is CC(C)S(=O)(=O)c1ccc(CC(=O)NCc2cc(-c3ccc(F)cc3F)on2)cc1. The highest BCUT2D eigenvalue weighted by Gasteiger charge is 2.19. The molecule has 0 fully saturated rings. The number of carbonyl (C=O) groups excluding carboxylic acids is 1. The van der Waals surface area contributed by atoms with Crippen molar-refractivity contribution in [3.05, 3.63) is 71.4 Å². The highest BCUT2D eigenvalue weighted by molar-refractivity contribution is 7.92. The third-order valence-electron chi connectivity index (χ3n) is 4.46. The number of rotatable bonds is 7. The van der Waals surface area contributed by atoms with Gasteiger partial charge in [0.15, 0.2) is 15.6 Å². The summed E-state index contributed by atoms with van der Waals surface area (Å²) in [6.07, 6.45) is 0.0549. The van der Waals surface area contributed by atoms with Crippen molar-refractivity contribution in [1.29, 1.82) is 0 Å². The van der Waals surface area contributed by atoms with Gasteiger partial charge in [-0.1, -0.05) is 17.3 Å². The third-order valence-corrected chi connectivity index (χ3v) is 6.63. The van der Waals surface area contributed by atoms with Crippen LogP contribution in [0.1, 0.15) is 25.1 Å². The number of benzene rings is 2. The molecule has 0 aliphatic heterocycles. The number of aromatic nitrogens is 1. The predicted molar refractivity (Wildman–Crippen MR) is 106 cm³/mol. The lowest BCUT2D eigenvalue weighted by molar-refractivity contribution is -0.120. The second-order valence-corrected chi connectivity index (χ2v) is 9.50. The third kappa shape index (κ3) is 4.91. The van der Waals surface area contributed by atoms with Crippen molar-refractivity contribution in [2.24, 2.45) is 0 Å². The number of sulfone groups is 1. The number of halogens is 2. The van der Waals surface area contributed by atoms with Crippen molar-refractivity contribution in [2.45, 2.75) is 37.0 Å². The largest absolute Gasteiger partial charge is 0.356 e. The van der Waals surface area contributed by atoms with Crippen LogP contribution in [-0.2, 0) is 27.6 Å². The van der Waals surface area contributed by atoms with E-state index in [4.69, 9.17) is 4.52 Å². The Kier molecular flexibility index (Phi) is 6.31. The van der Waals surface area contributed by atoms with E-state index in [1.807, 2.05) is 0 Å². The van der Waals surface area contributed by atoms with Gasteiger partial charge in [0, 0.05) is 12.1 Å². The Balaban J connectivity index is 1.58. The molecule has 30 heavy (non-hydrogen) atoms. The summed E-state index contributed by atoms with van der Waals surface area (Å²) in [5.74, 6) is -1.64. The van der Waals surface area contributed by atoms with Gasteiger partial charge in [-0.25, -0.2) is 17.2 Å². The van der Waals surface area contributed by atoms with Gasteiger partial charge in [-0.05, 0) is 43.7 Å². The summed E-state index contributed by atoms with van der Waals surface area (Å²) < 4.78 is 56.1. The molecule has 0 bridgehead atoms. The average Bonchev–Trinajstić information content (AvgIpc) is 3.15. The van der Waals surface area contributed by atoms with Crippen LogP contribution in [0, 0.1) is 11.6 Å². The van der Waals surface area contributed by atoms with E-state index in [-0.39, 0.29) is 35.1 Å². The zero-order valence-corrected chi connectivity index (χ0v) is 17.2. The van der Waals surface area contributed by atoms with Gasteiger partial charge in [0.25, 0.3) is 0 Å².